The molecule has 0 N–H and O–H groups in total. The summed E-state index contributed by atoms with van der Waals surface area (Å²) in [5.74, 6) is 1.41. The predicted octanol–water partition coefficient (Wildman–Crippen LogP) is 12.6. The number of rotatable bonds is 5. The van der Waals surface area contributed by atoms with Crippen molar-refractivity contribution < 1.29 is 17.6 Å². The van der Waals surface area contributed by atoms with Gasteiger partial charge < -0.3 is 8.98 Å². The average molecular weight is 709 g/mol. The van der Waals surface area contributed by atoms with Gasteiger partial charge in [0.15, 0.2) is 17.5 Å². The van der Waals surface area contributed by atoms with Crippen LogP contribution in [0.4, 0.5) is 13.2 Å². The minimum absolute atomic E-state index is 0.418. The standard InChI is InChI=1S/C46H27F3N4O/c47-46(48,49)31-23-25-38-35(27-31)33-16-7-9-19-37(33)53(38)39-24-22-30(32-18-11-21-41-42(32)34-17-8-10-20-40(34)54-41)26-36(39)45-51-43(28-12-3-1-4-13-28)50-44(52-45)29-14-5-2-6-15-29/h1-27H. The molecule has 3 heterocycles. The molecule has 0 bridgehead atoms. The van der Waals surface area contributed by atoms with E-state index in [4.69, 9.17) is 19.4 Å². The molecule has 0 radical (unpaired) electrons. The smallest absolute Gasteiger partial charge is 0.416 e. The summed E-state index contributed by atoms with van der Waals surface area (Å²) in [5, 5.41) is 3.17. The molecule has 10 rings (SSSR count). The number of alkyl halides is 3. The van der Waals surface area contributed by atoms with Crippen LogP contribution in [0.2, 0.25) is 0 Å². The fourth-order valence-corrected chi connectivity index (χ4v) is 7.43. The zero-order valence-corrected chi connectivity index (χ0v) is 28.4. The zero-order valence-electron chi connectivity index (χ0n) is 28.4. The van der Waals surface area contributed by atoms with Gasteiger partial charge in [-0.25, -0.2) is 15.0 Å². The Morgan fingerprint density at radius 3 is 1.78 bits per heavy atom. The Morgan fingerprint density at radius 2 is 1.06 bits per heavy atom. The first-order valence-electron chi connectivity index (χ1n) is 17.4. The first kappa shape index (κ1) is 31.7. The van der Waals surface area contributed by atoms with Gasteiger partial charge >= 0.3 is 6.18 Å². The molecule has 0 amide bonds. The van der Waals surface area contributed by atoms with Crippen molar-refractivity contribution in [3.05, 3.63) is 169 Å². The summed E-state index contributed by atoms with van der Waals surface area (Å²) in [7, 11) is 0. The Hall–Kier alpha value is -7.06. The van der Waals surface area contributed by atoms with Gasteiger partial charge in [0.25, 0.3) is 0 Å². The molecule has 10 aromatic rings. The Morgan fingerprint density at radius 1 is 0.444 bits per heavy atom. The Labute approximate surface area is 306 Å². The summed E-state index contributed by atoms with van der Waals surface area (Å²) in [6, 6.07) is 51.0. The number of benzene rings is 7. The second kappa shape index (κ2) is 12.3. The SMILES string of the molecule is FC(F)(F)c1ccc2c(c1)c1ccccc1n2-c1ccc(-c2cccc3oc4ccccc4c23)cc1-c1nc(-c2ccccc2)nc(-c2ccccc2)n1. The number of halogens is 3. The van der Waals surface area contributed by atoms with Crippen molar-refractivity contribution in [2.75, 3.05) is 0 Å². The third-order valence-corrected chi connectivity index (χ3v) is 9.89. The van der Waals surface area contributed by atoms with Gasteiger partial charge in [-0.2, -0.15) is 13.2 Å². The molecule has 0 aliphatic carbocycles. The van der Waals surface area contributed by atoms with Crippen molar-refractivity contribution in [2.24, 2.45) is 0 Å². The van der Waals surface area contributed by atoms with Gasteiger partial charge in [0.05, 0.1) is 22.3 Å². The van der Waals surface area contributed by atoms with E-state index in [1.165, 1.54) is 6.07 Å². The molecule has 0 unspecified atom stereocenters. The van der Waals surface area contributed by atoms with E-state index in [1.54, 1.807) is 6.07 Å². The summed E-state index contributed by atoms with van der Waals surface area (Å²) in [4.78, 5) is 15.1. The van der Waals surface area contributed by atoms with Crippen LogP contribution in [-0.4, -0.2) is 19.5 Å². The maximum atomic E-state index is 14.0. The number of fused-ring (bicyclic) bond motifs is 6. The normalized spacial score (nSPS) is 12.0. The Balaban J connectivity index is 1.30. The summed E-state index contributed by atoms with van der Waals surface area (Å²) < 4.78 is 50.4. The summed E-state index contributed by atoms with van der Waals surface area (Å²) in [6.07, 6.45) is -4.49. The minimum Gasteiger partial charge on any atom is -0.456 e. The van der Waals surface area contributed by atoms with E-state index in [9.17, 15) is 13.2 Å². The quantitative estimate of drug-likeness (QED) is 0.179. The van der Waals surface area contributed by atoms with Gasteiger partial charge in [-0.1, -0.05) is 115 Å². The van der Waals surface area contributed by atoms with Gasteiger partial charge in [0, 0.05) is 38.2 Å². The lowest BCUT2D eigenvalue weighted by molar-refractivity contribution is -0.137. The van der Waals surface area contributed by atoms with Gasteiger partial charge in [-0.3, -0.25) is 0 Å². The molecule has 8 heteroatoms. The van der Waals surface area contributed by atoms with Gasteiger partial charge in [0.1, 0.15) is 11.2 Å². The molecule has 0 saturated carbocycles. The minimum atomic E-state index is -4.49. The first-order valence-corrected chi connectivity index (χ1v) is 17.4. The van der Waals surface area contributed by atoms with E-state index in [-0.39, 0.29) is 0 Å². The number of nitrogens with zero attached hydrogens (tertiary/aromatic N) is 4. The van der Waals surface area contributed by atoms with Gasteiger partial charge in [0.2, 0.25) is 0 Å². The van der Waals surface area contributed by atoms with E-state index < -0.39 is 11.7 Å². The maximum absolute atomic E-state index is 14.0. The molecule has 0 aliphatic heterocycles. The number of furan rings is 1. The highest BCUT2D eigenvalue weighted by Crippen LogP contribution is 2.42. The highest BCUT2D eigenvalue weighted by atomic mass is 19.4. The number of hydrogen-bond acceptors (Lipinski definition) is 4. The highest BCUT2D eigenvalue weighted by Gasteiger charge is 2.31. The fraction of sp³-hybridized carbons (Fsp3) is 0.0217. The third kappa shape index (κ3) is 5.22. The molecule has 0 atom stereocenters. The molecule has 5 nitrogen and oxygen atoms in total. The van der Waals surface area contributed by atoms with E-state index in [2.05, 4.69) is 18.2 Å². The van der Waals surface area contributed by atoms with Crippen LogP contribution in [0.5, 0.6) is 0 Å². The molecular formula is C46H27F3N4O. The van der Waals surface area contributed by atoms with Gasteiger partial charge in [-0.15, -0.1) is 0 Å². The molecule has 3 aromatic heterocycles. The Kier molecular flexibility index (Phi) is 7.20. The van der Waals surface area contributed by atoms with E-state index in [1.807, 2.05) is 132 Å². The van der Waals surface area contributed by atoms with Crippen LogP contribution in [0.1, 0.15) is 5.56 Å². The van der Waals surface area contributed by atoms with Crippen LogP contribution in [0, 0.1) is 0 Å². The third-order valence-electron chi connectivity index (χ3n) is 9.89. The second-order valence-electron chi connectivity index (χ2n) is 13.1. The first-order chi connectivity index (χ1) is 26.4. The Bertz CT molecular complexity index is 2980. The largest absolute Gasteiger partial charge is 0.456 e. The van der Waals surface area contributed by atoms with Crippen molar-refractivity contribution in [3.8, 4) is 51.0 Å². The molecule has 0 spiro atoms. The molecular weight excluding hydrogens is 682 g/mol. The second-order valence-corrected chi connectivity index (χ2v) is 13.1. The van der Waals surface area contributed by atoms with Gasteiger partial charge in [-0.05, 0) is 59.7 Å². The predicted molar refractivity (Wildman–Crippen MR) is 208 cm³/mol. The van der Waals surface area contributed by atoms with Crippen molar-refractivity contribution in [1.82, 2.24) is 19.5 Å². The summed E-state index contributed by atoms with van der Waals surface area (Å²) >= 11 is 0. The summed E-state index contributed by atoms with van der Waals surface area (Å²) in [5.41, 5.74) is 7.12. The van der Waals surface area contributed by atoms with Crippen molar-refractivity contribution in [2.45, 2.75) is 6.18 Å². The lowest BCUT2D eigenvalue weighted by Crippen LogP contribution is -2.05. The van der Waals surface area contributed by atoms with E-state index >= 15 is 0 Å². The van der Waals surface area contributed by atoms with Crippen LogP contribution in [-0.2, 0) is 6.18 Å². The number of aromatic nitrogens is 4. The topological polar surface area (TPSA) is 56.7 Å². The van der Waals surface area contributed by atoms with Crippen molar-refractivity contribution in [3.63, 3.8) is 0 Å². The van der Waals surface area contributed by atoms with Crippen molar-refractivity contribution in [1.29, 1.82) is 0 Å². The molecule has 7 aromatic carbocycles. The highest BCUT2D eigenvalue weighted by molar-refractivity contribution is 6.13. The zero-order chi connectivity index (χ0) is 36.4. The van der Waals surface area contributed by atoms with E-state index in [0.717, 1.165) is 55.8 Å². The van der Waals surface area contributed by atoms with Crippen LogP contribution in [0.15, 0.2) is 168 Å². The van der Waals surface area contributed by atoms with Crippen LogP contribution >= 0.6 is 0 Å². The summed E-state index contributed by atoms with van der Waals surface area (Å²) in [6.45, 7) is 0. The average Bonchev–Trinajstić information content (AvgIpc) is 3.76. The monoisotopic (exact) mass is 708 g/mol. The molecule has 258 valence electrons. The van der Waals surface area contributed by atoms with Crippen LogP contribution in [0.3, 0.4) is 0 Å². The number of para-hydroxylation sites is 2. The number of hydrogen-bond donors (Lipinski definition) is 0. The lowest BCUT2D eigenvalue weighted by Gasteiger charge is -2.17. The molecule has 0 fully saturated rings. The van der Waals surface area contributed by atoms with Crippen LogP contribution < -0.4 is 0 Å². The van der Waals surface area contributed by atoms with Crippen LogP contribution in [0.25, 0.3) is 94.7 Å². The van der Waals surface area contributed by atoms with Crippen molar-refractivity contribution >= 4 is 43.7 Å². The molecule has 0 aliphatic rings. The molecule has 0 saturated heterocycles. The fourth-order valence-electron chi connectivity index (χ4n) is 7.43. The maximum Gasteiger partial charge on any atom is 0.416 e. The lowest BCUT2D eigenvalue weighted by atomic mass is 9.96. The molecule has 54 heavy (non-hydrogen) atoms. The van der Waals surface area contributed by atoms with E-state index in [0.29, 0.717) is 45.0 Å².